The topological polar surface area (TPSA) is 81.4 Å². The van der Waals surface area contributed by atoms with Gasteiger partial charge < -0.3 is 14.2 Å². The number of hydrogen-bond acceptors (Lipinski definition) is 6. The number of ether oxygens (including phenoxy) is 1. The van der Waals surface area contributed by atoms with Crippen molar-refractivity contribution in [2.75, 3.05) is 13.1 Å². The van der Waals surface area contributed by atoms with Gasteiger partial charge in [0.25, 0.3) is 5.91 Å². The molecule has 2 aromatic rings. The van der Waals surface area contributed by atoms with Crippen LogP contribution in [-0.4, -0.2) is 45.1 Å². The van der Waals surface area contributed by atoms with Gasteiger partial charge in [0.2, 0.25) is 0 Å². The molecule has 0 unspecified atom stereocenters. The van der Waals surface area contributed by atoms with Crippen LogP contribution in [0, 0.1) is 13.8 Å². The molecule has 1 saturated heterocycles. The molecule has 8 heteroatoms. The largest absolute Gasteiger partial charge is 0.458 e. The second kappa shape index (κ2) is 6.54. The molecule has 122 valence electrons. The van der Waals surface area contributed by atoms with E-state index < -0.39 is 0 Å². The summed E-state index contributed by atoms with van der Waals surface area (Å²) in [7, 11) is 0. The first-order valence-corrected chi connectivity index (χ1v) is 7.78. The zero-order chi connectivity index (χ0) is 16.4. The summed E-state index contributed by atoms with van der Waals surface area (Å²) in [5.41, 5.74) is 1.14. The molecule has 0 bridgehead atoms. The predicted molar refractivity (Wildman–Crippen MR) is 82.6 cm³/mol. The highest BCUT2D eigenvalue weighted by Gasteiger charge is 2.29. The average molecular weight is 337 g/mol. The molecular formula is C15H17ClN4O3. The zero-order valence-corrected chi connectivity index (χ0v) is 13.7. The van der Waals surface area contributed by atoms with E-state index in [0.29, 0.717) is 35.1 Å². The van der Waals surface area contributed by atoms with E-state index in [1.54, 1.807) is 18.7 Å². The first-order chi connectivity index (χ1) is 11.0. The van der Waals surface area contributed by atoms with E-state index in [1.807, 2.05) is 0 Å². The molecule has 1 aliphatic rings. The molecule has 1 aliphatic heterocycles. The molecule has 1 atom stereocenters. The third-order valence-corrected chi connectivity index (χ3v) is 3.98. The Morgan fingerprint density at radius 3 is 2.78 bits per heavy atom. The highest BCUT2D eigenvalue weighted by Crippen LogP contribution is 2.21. The maximum atomic E-state index is 12.7. The van der Waals surface area contributed by atoms with Gasteiger partial charge in [0.1, 0.15) is 17.4 Å². The zero-order valence-electron chi connectivity index (χ0n) is 13.0. The van der Waals surface area contributed by atoms with Gasteiger partial charge in [-0.05, 0) is 26.7 Å². The lowest BCUT2D eigenvalue weighted by Gasteiger charge is -2.32. The van der Waals surface area contributed by atoms with E-state index in [2.05, 4.69) is 15.1 Å². The number of rotatable bonds is 3. The monoisotopic (exact) mass is 336 g/mol. The van der Waals surface area contributed by atoms with Gasteiger partial charge in [-0.25, -0.2) is 9.97 Å². The lowest BCUT2D eigenvalue weighted by Crippen LogP contribution is -2.44. The van der Waals surface area contributed by atoms with E-state index in [9.17, 15) is 4.79 Å². The number of piperidine rings is 1. The van der Waals surface area contributed by atoms with Crippen LogP contribution in [0.4, 0.5) is 0 Å². The molecule has 0 spiro atoms. The molecule has 2 aromatic heterocycles. The van der Waals surface area contributed by atoms with Crippen molar-refractivity contribution in [3.05, 3.63) is 34.4 Å². The fourth-order valence-electron chi connectivity index (χ4n) is 2.68. The molecule has 0 N–H and O–H groups in total. The maximum absolute atomic E-state index is 12.7. The molecule has 1 amide bonds. The van der Waals surface area contributed by atoms with Crippen LogP contribution in [0.1, 0.15) is 34.7 Å². The molecule has 7 nitrogen and oxygen atoms in total. The second-order valence-corrected chi connectivity index (χ2v) is 5.95. The Balaban J connectivity index is 1.68. The van der Waals surface area contributed by atoms with E-state index in [1.165, 1.54) is 12.4 Å². The van der Waals surface area contributed by atoms with E-state index in [-0.39, 0.29) is 18.0 Å². The van der Waals surface area contributed by atoms with Crippen LogP contribution in [0.2, 0.25) is 5.02 Å². The number of nitrogens with zero attached hydrogens (tertiary/aromatic N) is 4. The summed E-state index contributed by atoms with van der Waals surface area (Å²) in [6.45, 7) is 4.68. The third kappa shape index (κ3) is 3.44. The maximum Gasteiger partial charge on any atom is 0.316 e. The van der Waals surface area contributed by atoms with Gasteiger partial charge in [-0.15, -0.1) is 0 Å². The fraction of sp³-hybridized carbons (Fsp3) is 0.467. The molecule has 0 saturated carbocycles. The van der Waals surface area contributed by atoms with E-state index >= 15 is 0 Å². The fourth-order valence-corrected chi connectivity index (χ4v) is 2.77. The van der Waals surface area contributed by atoms with E-state index in [4.69, 9.17) is 20.9 Å². The molecule has 0 radical (unpaired) electrons. The van der Waals surface area contributed by atoms with Crippen molar-refractivity contribution < 1.29 is 14.1 Å². The Kier molecular flexibility index (Phi) is 4.47. The van der Waals surface area contributed by atoms with Gasteiger partial charge in [0.15, 0.2) is 0 Å². The van der Waals surface area contributed by atoms with Gasteiger partial charge in [0.05, 0.1) is 29.7 Å². The Labute approximate surface area is 138 Å². The highest BCUT2D eigenvalue weighted by molar-refractivity contribution is 6.30. The number of carbonyl (C=O) groups is 1. The number of likely N-dealkylation sites (tertiary alicyclic amines) is 1. The van der Waals surface area contributed by atoms with Crippen LogP contribution < -0.4 is 4.74 Å². The smallest absolute Gasteiger partial charge is 0.316 e. The van der Waals surface area contributed by atoms with Gasteiger partial charge in [-0.3, -0.25) is 4.79 Å². The Bertz CT molecular complexity index is 682. The summed E-state index contributed by atoms with van der Waals surface area (Å²) in [6.07, 6.45) is 4.53. The molecule has 3 heterocycles. The quantitative estimate of drug-likeness (QED) is 0.856. The van der Waals surface area contributed by atoms with Gasteiger partial charge in [-0.2, -0.15) is 0 Å². The van der Waals surface area contributed by atoms with Gasteiger partial charge in [-0.1, -0.05) is 16.8 Å². The Hall–Kier alpha value is -2.15. The van der Waals surface area contributed by atoms with Crippen molar-refractivity contribution in [2.45, 2.75) is 32.8 Å². The van der Waals surface area contributed by atoms with Crippen molar-refractivity contribution in [3.63, 3.8) is 0 Å². The Morgan fingerprint density at radius 1 is 1.39 bits per heavy atom. The molecule has 0 aliphatic carbocycles. The van der Waals surface area contributed by atoms with Crippen molar-refractivity contribution in [1.82, 2.24) is 20.0 Å². The number of aromatic nitrogens is 3. The third-order valence-electron chi connectivity index (χ3n) is 3.78. The minimum atomic E-state index is -0.144. The first-order valence-electron chi connectivity index (χ1n) is 7.41. The summed E-state index contributed by atoms with van der Waals surface area (Å²) >= 11 is 5.76. The van der Waals surface area contributed by atoms with Crippen molar-refractivity contribution in [2.24, 2.45) is 0 Å². The minimum Gasteiger partial charge on any atom is -0.458 e. The molecule has 1 fully saturated rings. The average Bonchev–Trinajstić information content (AvgIpc) is 2.88. The molecule has 23 heavy (non-hydrogen) atoms. The highest BCUT2D eigenvalue weighted by atomic mass is 35.5. The first kappa shape index (κ1) is 15.7. The lowest BCUT2D eigenvalue weighted by molar-refractivity contribution is 0.0513. The predicted octanol–water partition coefficient (Wildman–Crippen LogP) is 2.42. The number of carbonyl (C=O) groups excluding carboxylic acids is 1. The number of halogens is 1. The summed E-state index contributed by atoms with van der Waals surface area (Å²) in [4.78, 5) is 22.5. The van der Waals surface area contributed by atoms with Crippen LogP contribution >= 0.6 is 11.6 Å². The summed E-state index contributed by atoms with van der Waals surface area (Å²) in [5.74, 6) is 0.461. The normalized spacial score (nSPS) is 18.0. The van der Waals surface area contributed by atoms with Gasteiger partial charge in [0, 0.05) is 6.54 Å². The van der Waals surface area contributed by atoms with Crippen molar-refractivity contribution >= 4 is 17.5 Å². The van der Waals surface area contributed by atoms with Crippen LogP contribution in [-0.2, 0) is 0 Å². The SMILES string of the molecule is Cc1noc(C)c1C(=O)N1CCC[C@@H](Oc2ncc(Cl)cn2)C1. The summed E-state index contributed by atoms with van der Waals surface area (Å²) in [6, 6.07) is 0.269. The number of hydrogen-bond donors (Lipinski definition) is 0. The summed E-state index contributed by atoms with van der Waals surface area (Å²) in [5, 5.41) is 4.30. The second-order valence-electron chi connectivity index (χ2n) is 5.52. The molecule has 3 rings (SSSR count). The van der Waals surface area contributed by atoms with Gasteiger partial charge >= 0.3 is 6.01 Å². The van der Waals surface area contributed by atoms with Crippen molar-refractivity contribution in [3.8, 4) is 6.01 Å². The van der Waals surface area contributed by atoms with Crippen molar-refractivity contribution in [1.29, 1.82) is 0 Å². The lowest BCUT2D eigenvalue weighted by atomic mass is 10.1. The van der Waals surface area contributed by atoms with Crippen LogP contribution in [0.3, 0.4) is 0 Å². The Morgan fingerprint density at radius 2 is 2.13 bits per heavy atom. The summed E-state index contributed by atoms with van der Waals surface area (Å²) < 4.78 is 10.8. The molecule has 0 aromatic carbocycles. The molecular weight excluding hydrogens is 320 g/mol. The minimum absolute atomic E-state index is 0.0772. The number of amides is 1. The standard InChI is InChI=1S/C15H17ClN4O3/c1-9-13(10(2)23-19-9)14(21)20-5-3-4-12(8-20)22-15-17-6-11(16)7-18-15/h6-7,12H,3-5,8H2,1-2H3/t12-/m1/s1. The van der Waals surface area contributed by atoms with Crippen LogP contribution in [0.5, 0.6) is 6.01 Å². The van der Waals surface area contributed by atoms with E-state index in [0.717, 1.165) is 12.8 Å². The van der Waals surface area contributed by atoms with Crippen LogP contribution in [0.25, 0.3) is 0 Å². The van der Waals surface area contributed by atoms with Crippen LogP contribution in [0.15, 0.2) is 16.9 Å². The number of aryl methyl sites for hydroxylation is 2.